The third-order valence-electron chi connectivity index (χ3n) is 4.59. The third-order valence-corrected chi connectivity index (χ3v) is 4.59. The van der Waals surface area contributed by atoms with E-state index in [0.717, 1.165) is 19.4 Å². The van der Waals surface area contributed by atoms with Crippen LogP contribution in [0.3, 0.4) is 0 Å². The van der Waals surface area contributed by atoms with Crippen molar-refractivity contribution in [3.8, 4) is 0 Å². The average molecular weight is 238 g/mol. The maximum absolute atomic E-state index is 11.4. The standard InChI is InChI=1S/C14H22O3/c1-9-5-6-10-8-17-11(7-12(15)16-4)13(9)14(10,2)3/h10-11,13H,1,5-8H2,2-4H3/t10-,11-,13-/m1/s1. The zero-order chi connectivity index (χ0) is 12.6. The van der Waals surface area contributed by atoms with Crippen LogP contribution in [-0.2, 0) is 14.3 Å². The zero-order valence-corrected chi connectivity index (χ0v) is 11.0. The highest BCUT2D eigenvalue weighted by molar-refractivity contribution is 5.70. The van der Waals surface area contributed by atoms with Gasteiger partial charge < -0.3 is 9.47 Å². The van der Waals surface area contributed by atoms with Crippen molar-refractivity contribution in [3.05, 3.63) is 12.2 Å². The molecule has 0 spiro atoms. The number of ether oxygens (including phenoxy) is 2. The smallest absolute Gasteiger partial charge is 0.308 e. The van der Waals surface area contributed by atoms with Crippen molar-refractivity contribution >= 4 is 5.97 Å². The van der Waals surface area contributed by atoms with Gasteiger partial charge in [0.05, 0.1) is 26.2 Å². The van der Waals surface area contributed by atoms with E-state index >= 15 is 0 Å². The topological polar surface area (TPSA) is 35.5 Å². The Morgan fingerprint density at radius 1 is 1.59 bits per heavy atom. The minimum absolute atomic E-state index is 0.0542. The Morgan fingerprint density at radius 3 is 2.94 bits per heavy atom. The van der Waals surface area contributed by atoms with Gasteiger partial charge in [-0.1, -0.05) is 26.0 Å². The van der Waals surface area contributed by atoms with E-state index in [1.165, 1.54) is 12.7 Å². The van der Waals surface area contributed by atoms with E-state index in [1.54, 1.807) is 0 Å². The Balaban J connectivity index is 2.19. The molecule has 1 saturated heterocycles. The fourth-order valence-corrected chi connectivity index (χ4v) is 3.47. The summed E-state index contributed by atoms with van der Waals surface area (Å²) in [7, 11) is 1.43. The van der Waals surface area contributed by atoms with E-state index in [4.69, 9.17) is 9.47 Å². The molecule has 1 saturated carbocycles. The second kappa shape index (κ2) is 4.45. The van der Waals surface area contributed by atoms with Crippen LogP contribution in [0.5, 0.6) is 0 Å². The fourth-order valence-electron chi connectivity index (χ4n) is 3.47. The first-order valence-electron chi connectivity index (χ1n) is 6.33. The normalized spacial score (nSPS) is 35.5. The predicted octanol–water partition coefficient (Wildman–Crippen LogP) is 2.56. The number of fused-ring (bicyclic) bond motifs is 2. The van der Waals surface area contributed by atoms with Crippen LogP contribution in [0.1, 0.15) is 33.1 Å². The molecule has 3 heteroatoms. The second-order valence-corrected chi connectivity index (χ2v) is 5.84. The van der Waals surface area contributed by atoms with Crippen LogP contribution in [0, 0.1) is 17.3 Å². The lowest BCUT2D eigenvalue weighted by Gasteiger charge is -2.53. The van der Waals surface area contributed by atoms with E-state index in [0.29, 0.717) is 12.3 Å². The Hall–Kier alpha value is -0.830. The number of carbonyl (C=O) groups is 1. The monoisotopic (exact) mass is 238 g/mol. The van der Waals surface area contributed by atoms with Crippen LogP contribution in [0.25, 0.3) is 0 Å². The van der Waals surface area contributed by atoms with Gasteiger partial charge in [-0.15, -0.1) is 0 Å². The van der Waals surface area contributed by atoms with Gasteiger partial charge in [-0.05, 0) is 24.2 Å². The molecule has 1 aliphatic carbocycles. The molecule has 2 fully saturated rings. The van der Waals surface area contributed by atoms with Crippen molar-refractivity contribution < 1.29 is 14.3 Å². The first-order valence-corrected chi connectivity index (χ1v) is 6.33. The molecule has 0 radical (unpaired) electrons. The number of rotatable bonds is 2. The molecule has 3 nitrogen and oxygen atoms in total. The number of esters is 1. The lowest BCUT2D eigenvalue weighted by atomic mass is 9.57. The highest BCUT2D eigenvalue weighted by Crippen LogP contribution is 2.52. The number of hydrogen-bond acceptors (Lipinski definition) is 3. The highest BCUT2D eigenvalue weighted by Gasteiger charge is 2.50. The Bertz CT molecular complexity index is 332. The molecule has 0 unspecified atom stereocenters. The predicted molar refractivity (Wildman–Crippen MR) is 65.5 cm³/mol. The Morgan fingerprint density at radius 2 is 2.29 bits per heavy atom. The molecule has 2 bridgehead atoms. The molecular formula is C14H22O3. The quantitative estimate of drug-likeness (QED) is 0.548. The SMILES string of the molecule is C=C1CC[C@@H]2CO[C@H](CC(=O)OC)[C@@H]1C2(C)C. The van der Waals surface area contributed by atoms with E-state index < -0.39 is 0 Å². The van der Waals surface area contributed by atoms with E-state index in [1.807, 2.05) is 0 Å². The average Bonchev–Trinajstić information content (AvgIpc) is 2.24. The maximum Gasteiger partial charge on any atom is 0.308 e. The van der Waals surface area contributed by atoms with Crippen LogP contribution in [0.15, 0.2) is 12.2 Å². The van der Waals surface area contributed by atoms with Crippen molar-refractivity contribution in [2.75, 3.05) is 13.7 Å². The van der Waals surface area contributed by atoms with Crippen LogP contribution >= 0.6 is 0 Å². The first kappa shape index (κ1) is 12.6. The van der Waals surface area contributed by atoms with Crippen molar-refractivity contribution in [3.63, 3.8) is 0 Å². The Kier molecular flexibility index (Phi) is 3.30. The molecule has 2 rings (SSSR count). The molecule has 0 N–H and O–H groups in total. The number of methoxy groups -OCH3 is 1. The van der Waals surface area contributed by atoms with Gasteiger partial charge in [0.25, 0.3) is 0 Å². The van der Waals surface area contributed by atoms with E-state index in [9.17, 15) is 4.79 Å². The molecule has 3 atom stereocenters. The summed E-state index contributed by atoms with van der Waals surface area (Å²) >= 11 is 0. The maximum atomic E-state index is 11.4. The number of hydrogen-bond donors (Lipinski definition) is 0. The van der Waals surface area contributed by atoms with Crippen molar-refractivity contribution in [1.29, 1.82) is 0 Å². The first-order chi connectivity index (χ1) is 7.96. The van der Waals surface area contributed by atoms with Crippen molar-refractivity contribution in [2.45, 2.75) is 39.2 Å². The molecule has 2 aliphatic rings. The van der Waals surface area contributed by atoms with Crippen LogP contribution in [0.4, 0.5) is 0 Å². The highest BCUT2D eigenvalue weighted by atomic mass is 16.5. The van der Waals surface area contributed by atoms with Crippen LogP contribution in [-0.4, -0.2) is 25.8 Å². The van der Waals surface area contributed by atoms with Gasteiger partial charge in [0.2, 0.25) is 0 Å². The summed E-state index contributed by atoms with van der Waals surface area (Å²) < 4.78 is 10.6. The van der Waals surface area contributed by atoms with Gasteiger partial charge in [0, 0.05) is 5.92 Å². The Labute approximate surface area is 103 Å². The summed E-state index contributed by atoms with van der Waals surface area (Å²) in [6.45, 7) is 9.50. The molecule has 17 heavy (non-hydrogen) atoms. The van der Waals surface area contributed by atoms with Gasteiger partial charge in [-0.3, -0.25) is 4.79 Å². The molecule has 0 aromatic heterocycles. The summed E-state index contributed by atoms with van der Waals surface area (Å²) in [6, 6.07) is 0. The molecule has 1 aliphatic heterocycles. The van der Waals surface area contributed by atoms with Gasteiger partial charge in [-0.2, -0.15) is 0 Å². The number of carbonyl (C=O) groups excluding carboxylic acids is 1. The van der Waals surface area contributed by atoms with Gasteiger partial charge in [0.1, 0.15) is 0 Å². The molecule has 0 amide bonds. The summed E-state index contributed by atoms with van der Waals surface area (Å²) in [6.07, 6.45) is 2.52. The molecule has 0 aromatic rings. The molecule has 0 aromatic carbocycles. The molecule has 96 valence electrons. The van der Waals surface area contributed by atoms with Crippen LogP contribution in [0.2, 0.25) is 0 Å². The van der Waals surface area contributed by atoms with E-state index in [-0.39, 0.29) is 23.4 Å². The minimum atomic E-state index is -0.192. The van der Waals surface area contributed by atoms with E-state index in [2.05, 4.69) is 20.4 Å². The van der Waals surface area contributed by atoms with Crippen molar-refractivity contribution in [1.82, 2.24) is 0 Å². The second-order valence-electron chi connectivity index (χ2n) is 5.84. The lowest BCUT2D eigenvalue weighted by Crippen LogP contribution is -2.51. The van der Waals surface area contributed by atoms with Gasteiger partial charge >= 0.3 is 5.97 Å². The molecular weight excluding hydrogens is 216 g/mol. The van der Waals surface area contributed by atoms with Crippen LogP contribution < -0.4 is 0 Å². The third kappa shape index (κ3) is 2.13. The fraction of sp³-hybridized carbons (Fsp3) is 0.786. The van der Waals surface area contributed by atoms with Gasteiger partial charge in [0.15, 0.2) is 0 Å². The van der Waals surface area contributed by atoms with Gasteiger partial charge in [-0.25, -0.2) is 0 Å². The minimum Gasteiger partial charge on any atom is -0.469 e. The summed E-state index contributed by atoms with van der Waals surface area (Å²) in [5, 5.41) is 0. The summed E-state index contributed by atoms with van der Waals surface area (Å²) in [5.74, 6) is 0.684. The zero-order valence-electron chi connectivity index (χ0n) is 11.0. The van der Waals surface area contributed by atoms with Crippen molar-refractivity contribution in [2.24, 2.45) is 17.3 Å². The summed E-state index contributed by atoms with van der Waals surface area (Å²) in [4.78, 5) is 11.4. The largest absolute Gasteiger partial charge is 0.469 e. The lowest BCUT2D eigenvalue weighted by molar-refractivity contribution is -0.158. The molecule has 1 heterocycles. The summed E-state index contributed by atoms with van der Waals surface area (Å²) in [5.41, 5.74) is 1.42.